The number of aliphatic carboxylic acids is 1. The van der Waals surface area contributed by atoms with Gasteiger partial charge in [0.1, 0.15) is 11.5 Å². The van der Waals surface area contributed by atoms with Crippen LogP contribution < -0.4 is 9.47 Å². The number of hydrogen-bond acceptors (Lipinski definition) is 3. The molecule has 88 valence electrons. The van der Waals surface area contributed by atoms with Gasteiger partial charge in [-0.2, -0.15) is 0 Å². The highest BCUT2D eigenvalue weighted by Gasteiger charge is 2.17. The van der Waals surface area contributed by atoms with Gasteiger partial charge in [0, 0.05) is 5.56 Å². The van der Waals surface area contributed by atoms with Gasteiger partial charge in [0.05, 0.1) is 25.1 Å². The van der Waals surface area contributed by atoms with E-state index in [0.29, 0.717) is 21.5 Å². The monoisotopic (exact) mass is 288 g/mol. The Hall–Kier alpha value is -1.23. The number of benzene rings is 1. The van der Waals surface area contributed by atoms with Gasteiger partial charge >= 0.3 is 5.97 Å². The molecule has 0 radical (unpaired) electrons. The third-order valence-corrected chi connectivity index (χ3v) is 3.06. The van der Waals surface area contributed by atoms with E-state index >= 15 is 0 Å². The van der Waals surface area contributed by atoms with Crippen LogP contribution in [0, 0.1) is 6.92 Å². The molecular weight excluding hydrogens is 276 g/mol. The van der Waals surface area contributed by atoms with Gasteiger partial charge in [-0.15, -0.1) is 0 Å². The summed E-state index contributed by atoms with van der Waals surface area (Å²) in [7, 11) is 3.06. The first-order chi connectivity index (χ1) is 7.51. The van der Waals surface area contributed by atoms with E-state index in [0.717, 1.165) is 5.56 Å². The van der Waals surface area contributed by atoms with Gasteiger partial charge < -0.3 is 14.6 Å². The average molecular weight is 289 g/mol. The van der Waals surface area contributed by atoms with Gasteiger partial charge in [0.25, 0.3) is 0 Å². The van der Waals surface area contributed by atoms with E-state index in [4.69, 9.17) is 14.6 Å². The fourth-order valence-corrected chi connectivity index (χ4v) is 2.33. The molecule has 16 heavy (non-hydrogen) atoms. The predicted molar refractivity (Wildman–Crippen MR) is 63.3 cm³/mol. The summed E-state index contributed by atoms with van der Waals surface area (Å²) >= 11 is 3.34. The largest absolute Gasteiger partial charge is 0.496 e. The number of hydrogen-bond donors (Lipinski definition) is 1. The summed E-state index contributed by atoms with van der Waals surface area (Å²) in [4.78, 5) is 10.8. The lowest BCUT2D eigenvalue weighted by molar-refractivity contribution is -0.136. The smallest absolute Gasteiger partial charge is 0.308 e. The van der Waals surface area contributed by atoms with Crippen LogP contribution in [-0.4, -0.2) is 25.3 Å². The summed E-state index contributed by atoms with van der Waals surface area (Å²) in [5.41, 5.74) is 1.47. The number of carboxylic acid groups (broad SMARTS) is 1. The molecule has 0 saturated carbocycles. The molecule has 1 aromatic rings. The average Bonchev–Trinajstić information content (AvgIpc) is 2.22. The molecule has 1 N–H and O–H groups in total. The van der Waals surface area contributed by atoms with E-state index in [-0.39, 0.29) is 6.42 Å². The van der Waals surface area contributed by atoms with Crippen LogP contribution in [0.1, 0.15) is 11.1 Å². The standard InChI is InChI=1S/C11H13BrO4/c1-6-4-8(15-2)7(5-9(13)14)10(12)11(6)16-3/h4H,5H2,1-3H3,(H,13,14). The molecule has 0 aliphatic carbocycles. The van der Waals surface area contributed by atoms with Crippen LogP contribution in [0.15, 0.2) is 10.5 Å². The number of rotatable bonds is 4. The van der Waals surface area contributed by atoms with Crippen molar-refractivity contribution in [2.45, 2.75) is 13.3 Å². The molecule has 0 fully saturated rings. The molecule has 0 bridgehead atoms. The van der Waals surface area contributed by atoms with Crippen LogP contribution in [0.5, 0.6) is 11.5 Å². The van der Waals surface area contributed by atoms with Crippen molar-refractivity contribution in [2.75, 3.05) is 14.2 Å². The van der Waals surface area contributed by atoms with Crippen molar-refractivity contribution in [3.63, 3.8) is 0 Å². The molecule has 0 aliphatic rings. The highest BCUT2D eigenvalue weighted by Crippen LogP contribution is 2.38. The Labute approximate surface area is 102 Å². The second-order valence-corrected chi connectivity index (χ2v) is 4.09. The van der Waals surface area contributed by atoms with Crippen molar-refractivity contribution in [3.05, 3.63) is 21.7 Å². The highest BCUT2D eigenvalue weighted by atomic mass is 79.9. The zero-order chi connectivity index (χ0) is 12.3. The molecule has 0 amide bonds. The third-order valence-electron chi connectivity index (χ3n) is 2.22. The van der Waals surface area contributed by atoms with Crippen LogP contribution in [0.25, 0.3) is 0 Å². The second kappa shape index (κ2) is 5.21. The van der Waals surface area contributed by atoms with Gasteiger partial charge in [0.2, 0.25) is 0 Å². The first-order valence-electron chi connectivity index (χ1n) is 4.63. The molecule has 1 aromatic carbocycles. The van der Waals surface area contributed by atoms with E-state index in [1.165, 1.54) is 7.11 Å². The molecule has 1 rings (SSSR count). The van der Waals surface area contributed by atoms with Gasteiger partial charge in [0.15, 0.2) is 0 Å². The molecular formula is C11H13BrO4. The Balaban J connectivity index is 3.37. The molecule has 4 nitrogen and oxygen atoms in total. The lowest BCUT2D eigenvalue weighted by atomic mass is 10.1. The minimum absolute atomic E-state index is 0.111. The Morgan fingerprint density at radius 3 is 2.50 bits per heavy atom. The van der Waals surface area contributed by atoms with Crippen molar-refractivity contribution in [2.24, 2.45) is 0 Å². The van der Waals surface area contributed by atoms with E-state index in [9.17, 15) is 4.79 Å². The Kier molecular flexibility index (Phi) is 4.18. The van der Waals surface area contributed by atoms with Crippen LogP contribution in [-0.2, 0) is 11.2 Å². The fraction of sp³-hybridized carbons (Fsp3) is 0.364. The molecule has 0 saturated heterocycles. The van der Waals surface area contributed by atoms with Crippen molar-refractivity contribution >= 4 is 21.9 Å². The summed E-state index contributed by atoms with van der Waals surface area (Å²) in [6, 6.07) is 1.77. The first kappa shape index (κ1) is 12.8. The van der Waals surface area contributed by atoms with Crippen molar-refractivity contribution in [1.29, 1.82) is 0 Å². The summed E-state index contributed by atoms with van der Waals surface area (Å²) in [5.74, 6) is 0.273. The highest BCUT2D eigenvalue weighted by molar-refractivity contribution is 9.10. The maximum Gasteiger partial charge on any atom is 0.308 e. The number of halogens is 1. The van der Waals surface area contributed by atoms with Crippen LogP contribution in [0.3, 0.4) is 0 Å². The SMILES string of the molecule is COc1cc(C)c(OC)c(Br)c1CC(=O)O. The third kappa shape index (κ3) is 2.47. The summed E-state index contributed by atoms with van der Waals surface area (Å²) < 4.78 is 11.0. The maximum absolute atomic E-state index is 10.8. The van der Waals surface area contributed by atoms with E-state index in [2.05, 4.69) is 15.9 Å². The Morgan fingerprint density at radius 2 is 2.06 bits per heavy atom. The summed E-state index contributed by atoms with van der Waals surface area (Å²) in [6.45, 7) is 1.87. The Bertz CT molecular complexity index is 415. The van der Waals surface area contributed by atoms with Crippen molar-refractivity contribution < 1.29 is 19.4 Å². The molecule has 0 spiro atoms. The molecule has 5 heteroatoms. The van der Waals surface area contributed by atoms with Crippen LogP contribution >= 0.6 is 15.9 Å². The fourth-order valence-electron chi connectivity index (χ4n) is 1.52. The predicted octanol–water partition coefficient (Wildman–Crippen LogP) is 2.40. The first-order valence-corrected chi connectivity index (χ1v) is 5.42. The zero-order valence-electron chi connectivity index (χ0n) is 9.33. The molecule has 0 aromatic heterocycles. The number of methoxy groups -OCH3 is 2. The normalized spacial score (nSPS) is 10.0. The lowest BCUT2D eigenvalue weighted by Crippen LogP contribution is -2.05. The number of carboxylic acids is 1. The van der Waals surface area contributed by atoms with E-state index in [1.54, 1.807) is 13.2 Å². The van der Waals surface area contributed by atoms with Gasteiger partial charge in [-0.3, -0.25) is 4.79 Å². The van der Waals surface area contributed by atoms with Crippen LogP contribution in [0.4, 0.5) is 0 Å². The number of aryl methyl sites for hydroxylation is 1. The Morgan fingerprint density at radius 1 is 1.44 bits per heavy atom. The molecule has 0 unspecified atom stereocenters. The minimum Gasteiger partial charge on any atom is -0.496 e. The zero-order valence-corrected chi connectivity index (χ0v) is 10.9. The van der Waals surface area contributed by atoms with Gasteiger partial charge in [-0.05, 0) is 34.5 Å². The van der Waals surface area contributed by atoms with Gasteiger partial charge in [-0.1, -0.05) is 0 Å². The number of ether oxygens (including phenoxy) is 2. The van der Waals surface area contributed by atoms with E-state index < -0.39 is 5.97 Å². The summed E-state index contributed by atoms with van der Waals surface area (Å²) in [6.07, 6.45) is -0.111. The quantitative estimate of drug-likeness (QED) is 0.924. The van der Waals surface area contributed by atoms with Crippen molar-refractivity contribution in [3.8, 4) is 11.5 Å². The molecule has 0 heterocycles. The van der Waals surface area contributed by atoms with Crippen LogP contribution in [0.2, 0.25) is 0 Å². The lowest BCUT2D eigenvalue weighted by Gasteiger charge is -2.14. The van der Waals surface area contributed by atoms with Crippen molar-refractivity contribution in [1.82, 2.24) is 0 Å². The topological polar surface area (TPSA) is 55.8 Å². The van der Waals surface area contributed by atoms with Gasteiger partial charge in [-0.25, -0.2) is 0 Å². The number of carbonyl (C=O) groups is 1. The summed E-state index contributed by atoms with van der Waals surface area (Å²) in [5, 5.41) is 8.83. The second-order valence-electron chi connectivity index (χ2n) is 3.29. The molecule has 0 aliphatic heterocycles. The minimum atomic E-state index is -0.912. The maximum atomic E-state index is 10.8. The molecule has 0 atom stereocenters. The van der Waals surface area contributed by atoms with E-state index in [1.807, 2.05) is 6.92 Å².